The van der Waals surface area contributed by atoms with Crippen LogP contribution in [0.4, 0.5) is 0 Å². The molecular formula is C14H22N2O2. The maximum absolute atomic E-state index is 11.5. The van der Waals surface area contributed by atoms with Gasteiger partial charge in [-0.1, -0.05) is 6.92 Å². The highest BCUT2D eigenvalue weighted by Crippen LogP contribution is 2.11. The summed E-state index contributed by atoms with van der Waals surface area (Å²) in [5.74, 6) is -0.268. The second kappa shape index (κ2) is 7.11. The molecule has 0 N–H and O–H groups in total. The predicted molar refractivity (Wildman–Crippen MR) is 71.2 cm³/mol. The number of likely N-dealkylation sites (N-methyl/N-ethyl adjacent to an activating group) is 1. The topological polar surface area (TPSA) is 42.4 Å². The van der Waals surface area contributed by atoms with Crippen LogP contribution in [0.1, 0.15) is 19.4 Å². The number of aromatic nitrogens is 1. The number of hydrogen-bond donors (Lipinski definition) is 0. The van der Waals surface area contributed by atoms with Crippen LogP contribution < -0.4 is 0 Å². The van der Waals surface area contributed by atoms with Crippen LogP contribution in [-0.2, 0) is 16.0 Å². The Labute approximate surface area is 109 Å². The SMILES string of the molecule is COC(=O)C(C)C(C)N(C)CCc1ccncc1. The molecule has 0 aliphatic heterocycles. The van der Waals surface area contributed by atoms with Gasteiger partial charge >= 0.3 is 5.97 Å². The molecule has 2 unspecified atom stereocenters. The number of ether oxygens (including phenoxy) is 1. The second-order valence-corrected chi connectivity index (χ2v) is 4.64. The Morgan fingerprint density at radius 2 is 2.00 bits per heavy atom. The van der Waals surface area contributed by atoms with Crippen molar-refractivity contribution in [3.8, 4) is 0 Å². The third-order valence-electron chi connectivity index (χ3n) is 3.49. The molecule has 0 aliphatic rings. The number of rotatable bonds is 6. The van der Waals surface area contributed by atoms with Crippen LogP contribution in [0.5, 0.6) is 0 Å². The van der Waals surface area contributed by atoms with Gasteiger partial charge in [-0.25, -0.2) is 0 Å². The third-order valence-corrected chi connectivity index (χ3v) is 3.49. The van der Waals surface area contributed by atoms with E-state index in [0.717, 1.165) is 13.0 Å². The highest BCUT2D eigenvalue weighted by molar-refractivity contribution is 5.72. The third kappa shape index (κ3) is 4.11. The first-order valence-electron chi connectivity index (χ1n) is 6.23. The summed E-state index contributed by atoms with van der Waals surface area (Å²) >= 11 is 0. The van der Waals surface area contributed by atoms with Gasteiger partial charge in [-0.05, 0) is 38.1 Å². The van der Waals surface area contributed by atoms with E-state index >= 15 is 0 Å². The van der Waals surface area contributed by atoms with Crippen LogP contribution in [0.3, 0.4) is 0 Å². The number of pyridine rings is 1. The van der Waals surface area contributed by atoms with Crippen molar-refractivity contribution in [2.75, 3.05) is 20.7 Å². The molecule has 0 aromatic carbocycles. The summed E-state index contributed by atoms with van der Waals surface area (Å²) in [5.41, 5.74) is 1.26. The lowest BCUT2D eigenvalue weighted by molar-refractivity contribution is -0.146. The van der Waals surface area contributed by atoms with Crippen LogP contribution in [0, 0.1) is 5.92 Å². The van der Waals surface area contributed by atoms with Crippen LogP contribution in [0.25, 0.3) is 0 Å². The molecule has 0 saturated heterocycles. The average Bonchev–Trinajstić information content (AvgIpc) is 2.43. The fourth-order valence-electron chi connectivity index (χ4n) is 1.82. The largest absolute Gasteiger partial charge is 0.469 e. The molecule has 4 nitrogen and oxygen atoms in total. The summed E-state index contributed by atoms with van der Waals surface area (Å²) in [5, 5.41) is 0. The van der Waals surface area contributed by atoms with E-state index in [1.807, 2.05) is 33.0 Å². The van der Waals surface area contributed by atoms with E-state index < -0.39 is 0 Å². The van der Waals surface area contributed by atoms with E-state index in [2.05, 4.69) is 9.88 Å². The fraction of sp³-hybridized carbons (Fsp3) is 0.571. The van der Waals surface area contributed by atoms with E-state index in [0.29, 0.717) is 0 Å². The predicted octanol–water partition coefficient (Wildman–Crippen LogP) is 1.75. The Kier molecular flexibility index (Phi) is 5.78. The van der Waals surface area contributed by atoms with Gasteiger partial charge < -0.3 is 9.64 Å². The van der Waals surface area contributed by atoms with Crippen molar-refractivity contribution < 1.29 is 9.53 Å². The fourth-order valence-corrected chi connectivity index (χ4v) is 1.82. The lowest BCUT2D eigenvalue weighted by Gasteiger charge is -2.28. The standard InChI is InChI=1S/C14H22N2O2/c1-11(14(17)18-4)12(2)16(3)10-7-13-5-8-15-9-6-13/h5-6,8-9,11-12H,7,10H2,1-4H3. The summed E-state index contributed by atoms with van der Waals surface area (Å²) in [6, 6.07) is 4.20. The van der Waals surface area contributed by atoms with E-state index in [9.17, 15) is 4.79 Å². The molecule has 0 aliphatic carbocycles. The lowest BCUT2D eigenvalue weighted by atomic mass is 10.0. The van der Waals surface area contributed by atoms with Crippen LogP contribution in [0.2, 0.25) is 0 Å². The van der Waals surface area contributed by atoms with Crippen LogP contribution >= 0.6 is 0 Å². The van der Waals surface area contributed by atoms with Gasteiger partial charge in [0.15, 0.2) is 0 Å². The molecule has 0 bridgehead atoms. The summed E-state index contributed by atoms with van der Waals surface area (Å²) in [4.78, 5) is 17.7. The molecule has 0 fully saturated rings. The smallest absolute Gasteiger partial charge is 0.309 e. The maximum Gasteiger partial charge on any atom is 0.309 e. The first-order valence-corrected chi connectivity index (χ1v) is 6.23. The Morgan fingerprint density at radius 3 is 2.56 bits per heavy atom. The molecule has 100 valence electrons. The molecule has 1 rings (SSSR count). The van der Waals surface area contributed by atoms with Gasteiger partial charge in [0.25, 0.3) is 0 Å². The zero-order valence-electron chi connectivity index (χ0n) is 11.6. The van der Waals surface area contributed by atoms with Crippen molar-refractivity contribution in [1.82, 2.24) is 9.88 Å². The van der Waals surface area contributed by atoms with Crippen molar-refractivity contribution in [2.24, 2.45) is 5.92 Å². The van der Waals surface area contributed by atoms with Gasteiger partial charge in [0.1, 0.15) is 0 Å². The Balaban J connectivity index is 2.45. The van der Waals surface area contributed by atoms with Gasteiger partial charge in [0.05, 0.1) is 13.0 Å². The highest BCUT2D eigenvalue weighted by atomic mass is 16.5. The van der Waals surface area contributed by atoms with E-state index in [1.54, 1.807) is 12.4 Å². The number of nitrogens with zero attached hydrogens (tertiary/aromatic N) is 2. The van der Waals surface area contributed by atoms with Crippen molar-refractivity contribution in [2.45, 2.75) is 26.3 Å². The monoisotopic (exact) mass is 250 g/mol. The second-order valence-electron chi connectivity index (χ2n) is 4.64. The van der Waals surface area contributed by atoms with E-state index in [4.69, 9.17) is 4.74 Å². The summed E-state index contributed by atoms with van der Waals surface area (Å²) in [6.45, 7) is 4.86. The van der Waals surface area contributed by atoms with Gasteiger partial charge in [0, 0.05) is 25.0 Å². The number of carbonyl (C=O) groups is 1. The first-order chi connectivity index (χ1) is 8.56. The molecule has 0 radical (unpaired) electrons. The molecule has 18 heavy (non-hydrogen) atoms. The molecule has 0 saturated carbocycles. The molecule has 0 amide bonds. The molecule has 1 heterocycles. The number of methoxy groups -OCH3 is 1. The lowest BCUT2D eigenvalue weighted by Crippen LogP contribution is -2.39. The Hall–Kier alpha value is -1.42. The summed E-state index contributed by atoms with van der Waals surface area (Å²) in [7, 11) is 3.47. The van der Waals surface area contributed by atoms with Crippen LogP contribution in [-0.4, -0.2) is 42.6 Å². The zero-order chi connectivity index (χ0) is 13.5. The molecule has 1 aromatic rings. The maximum atomic E-state index is 11.5. The molecule has 1 aromatic heterocycles. The molecular weight excluding hydrogens is 228 g/mol. The number of hydrogen-bond acceptors (Lipinski definition) is 4. The number of esters is 1. The van der Waals surface area contributed by atoms with E-state index in [-0.39, 0.29) is 17.9 Å². The van der Waals surface area contributed by atoms with Crippen LogP contribution in [0.15, 0.2) is 24.5 Å². The molecule has 4 heteroatoms. The van der Waals surface area contributed by atoms with Crippen molar-refractivity contribution in [3.05, 3.63) is 30.1 Å². The Morgan fingerprint density at radius 1 is 1.39 bits per heavy atom. The number of carbonyl (C=O) groups excluding carboxylic acids is 1. The molecule has 0 spiro atoms. The van der Waals surface area contributed by atoms with E-state index in [1.165, 1.54) is 12.7 Å². The summed E-state index contributed by atoms with van der Waals surface area (Å²) < 4.78 is 4.77. The summed E-state index contributed by atoms with van der Waals surface area (Å²) in [6.07, 6.45) is 4.56. The molecule has 2 atom stereocenters. The van der Waals surface area contributed by atoms with Gasteiger partial charge in [-0.3, -0.25) is 9.78 Å². The zero-order valence-corrected chi connectivity index (χ0v) is 11.6. The van der Waals surface area contributed by atoms with Gasteiger partial charge in [-0.15, -0.1) is 0 Å². The van der Waals surface area contributed by atoms with Crippen molar-refractivity contribution in [1.29, 1.82) is 0 Å². The van der Waals surface area contributed by atoms with Crippen molar-refractivity contribution >= 4 is 5.97 Å². The average molecular weight is 250 g/mol. The minimum absolute atomic E-state index is 0.113. The first kappa shape index (κ1) is 14.6. The minimum atomic E-state index is -0.154. The van der Waals surface area contributed by atoms with Gasteiger partial charge in [-0.2, -0.15) is 0 Å². The van der Waals surface area contributed by atoms with Crippen molar-refractivity contribution in [3.63, 3.8) is 0 Å². The normalized spacial score (nSPS) is 14.3. The minimum Gasteiger partial charge on any atom is -0.469 e. The quantitative estimate of drug-likeness (QED) is 0.721. The highest BCUT2D eigenvalue weighted by Gasteiger charge is 2.23. The Bertz CT molecular complexity index is 367. The van der Waals surface area contributed by atoms with Gasteiger partial charge in [0.2, 0.25) is 0 Å².